The Labute approximate surface area is 132 Å². The Morgan fingerprint density at radius 1 is 0.714 bits per heavy atom. The van der Waals surface area contributed by atoms with E-state index in [-0.39, 0.29) is 6.54 Å². The molecule has 0 aliphatic carbocycles. The molecule has 0 saturated heterocycles. The van der Waals surface area contributed by atoms with Crippen molar-refractivity contribution in [1.82, 2.24) is 0 Å². The molecule has 3 nitrogen and oxygen atoms in total. The van der Waals surface area contributed by atoms with Gasteiger partial charge in [0, 0.05) is 0 Å². The van der Waals surface area contributed by atoms with Crippen LogP contribution in [-0.2, 0) is 4.79 Å². The highest BCUT2D eigenvalue weighted by atomic mass is 16.4. The van der Waals surface area contributed by atoms with E-state index in [4.69, 9.17) is 0 Å². The van der Waals surface area contributed by atoms with E-state index in [1.54, 1.807) is 0 Å². The van der Waals surface area contributed by atoms with Gasteiger partial charge in [0.25, 0.3) is 0 Å². The van der Waals surface area contributed by atoms with E-state index >= 15 is 0 Å². The second-order valence-electron chi connectivity index (χ2n) is 6.52. The summed E-state index contributed by atoms with van der Waals surface area (Å²) in [6.07, 6.45) is 12.1. The minimum absolute atomic E-state index is 0.203. The predicted octanol–water partition coefficient (Wildman–Crippen LogP) is 3.51. The van der Waals surface area contributed by atoms with Crippen LogP contribution in [0.3, 0.4) is 0 Å². The number of carbonyl (C=O) groups is 1. The Morgan fingerprint density at radius 3 is 1.62 bits per heavy atom. The maximum Gasteiger partial charge on any atom is 0.119 e. The average molecular weight is 299 g/mol. The molecule has 0 radical (unpaired) electrons. The molecule has 0 atom stereocenters. The molecule has 0 heterocycles. The predicted molar refractivity (Wildman–Crippen MR) is 87.9 cm³/mol. The third-order valence-corrected chi connectivity index (χ3v) is 4.42. The van der Waals surface area contributed by atoms with Gasteiger partial charge >= 0.3 is 0 Å². The van der Waals surface area contributed by atoms with Crippen LogP contribution in [0.2, 0.25) is 0 Å². The Balaban J connectivity index is 4.38. The number of quaternary nitrogens is 1. The first-order chi connectivity index (χ1) is 10.1. The van der Waals surface area contributed by atoms with Crippen molar-refractivity contribution in [3.8, 4) is 0 Å². The Hall–Kier alpha value is -0.570. The van der Waals surface area contributed by atoms with Gasteiger partial charge in [-0.05, 0) is 25.7 Å². The van der Waals surface area contributed by atoms with Crippen LogP contribution < -0.4 is 5.11 Å². The summed E-state index contributed by atoms with van der Waals surface area (Å²) < 4.78 is 0.748. The first kappa shape index (κ1) is 20.4. The zero-order valence-corrected chi connectivity index (χ0v) is 14.7. The molecular weight excluding hydrogens is 262 g/mol. The van der Waals surface area contributed by atoms with Crippen LogP contribution in [0, 0.1) is 0 Å². The number of carboxylic acids is 1. The van der Waals surface area contributed by atoms with Crippen molar-refractivity contribution in [2.45, 2.75) is 85.0 Å². The monoisotopic (exact) mass is 299 g/mol. The lowest BCUT2D eigenvalue weighted by atomic mass is 10.1. The highest BCUT2D eigenvalue weighted by Gasteiger charge is 2.25. The maximum atomic E-state index is 11.2. The van der Waals surface area contributed by atoms with Gasteiger partial charge in [-0.15, -0.1) is 0 Å². The summed E-state index contributed by atoms with van der Waals surface area (Å²) in [4.78, 5) is 11.2. The molecule has 0 spiro atoms. The fraction of sp³-hybridized carbons (Fsp3) is 0.944. The lowest BCUT2D eigenvalue weighted by Crippen LogP contribution is -2.55. The van der Waals surface area contributed by atoms with Crippen LogP contribution in [0.25, 0.3) is 0 Å². The molecule has 0 amide bonds. The number of hydrogen-bond acceptors (Lipinski definition) is 2. The number of carboxylic acid groups (broad SMARTS) is 1. The summed E-state index contributed by atoms with van der Waals surface area (Å²) in [6.45, 7) is 9.81. The smallest absolute Gasteiger partial charge is 0.119 e. The summed E-state index contributed by atoms with van der Waals surface area (Å²) in [5.41, 5.74) is 0. The van der Waals surface area contributed by atoms with Crippen LogP contribution in [0.5, 0.6) is 0 Å². The van der Waals surface area contributed by atoms with Crippen molar-refractivity contribution in [1.29, 1.82) is 0 Å². The molecule has 0 rings (SSSR count). The Kier molecular flexibility index (Phi) is 12.8. The van der Waals surface area contributed by atoms with Gasteiger partial charge in [-0.3, -0.25) is 0 Å². The van der Waals surface area contributed by atoms with Gasteiger partial charge < -0.3 is 14.4 Å². The lowest BCUT2D eigenvalue weighted by Gasteiger charge is -2.39. The first-order valence-electron chi connectivity index (χ1n) is 9.15. The van der Waals surface area contributed by atoms with Crippen molar-refractivity contribution >= 4 is 5.97 Å². The van der Waals surface area contributed by atoms with E-state index in [0.717, 1.165) is 56.2 Å². The Morgan fingerprint density at radius 2 is 1.14 bits per heavy atom. The molecule has 21 heavy (non-hydrogen) atoms. The second kappa shape index (κ2) is 13.1. The maximum absolute atomic E-state index is 11.2. The van der Waals surface area contributed by atoms with E-state index in [1.165, 1.54) is 32.1 Å². The van der Waals surface area contributed by atoms with Gasteiger partial charge in [-0.25, -0.2) is 0 Å². The van der Waals surface area contributed by atoms with Gasteiger partial charge in [-0.1, -0.05) is 59.3 Å². The van der Waals surface area contributed by atoms with Crippen molar-refractivity contribution < 1.29 is 14.4 Å². The quantitative estimate of drug-likeness (QED) is 0.343. The number of rotatable bonds is 15. The van der Waals surface area contributed by atoms with Gasteiger partial charge in [-0.2, -0.15) is 0 Å². The second-order valence-corrected chi connectivity index (χ2v) is 6.52. The van der Waals surface area contributed by atoms with E-state index in [9.17, 15) is 9.90 Å². The molecule has 0 aromatic rings. The van der Waals surface area contributed by atoms with E-state index < -0.39 is 5.97 Å². The van der Waals surface area contributed by atoms with Crippen LogP contribution in [-0.4, -0.2) is 36.6 Å². The van der Waals surface area contributed by atoms with Crippen molar-refractivity contribution in [3.05, 3.63) is 0 Å². The van der Waals surface area contributed by atoms with Gasteiger partial charge in [0.1, 0.15) is 6.54 Å². The number of carbonyl (C=O) groups excluding carboxylic acids is 1. The zero-order valence-electron chi connectivity index (χ0n) is 14.7. The standard InChI is InChI=1S/C18H37NO2/c1-4-7-10-11-12-13-16-19(14-8-5-2,15-9-6-3)17-18(20)21/h4-17H2,1-3H3. The number of nitrogens with zero attached hydrogens (tertiary/aromatic N) is 1. The van der Waals surface area contributed by atoms with Gasteiger partial charge in [0.2, 0.25) is 0 Å². The molecule has 3 heteroatoms. The normalized spacial score (nSPS) is 11.8. The molecule has 126 valence electrons. The minimum atomic E-state index is -0.881. The molecule has 0 unspecified atom stereocenters. The molecule has 0 N–H and O–H groups in total. The summed E-state index contributed by atoms with van der Waals surface area (Å²) in [5, 5.41) is 11.2. The highest BCUT2D eigenvalue weighted by molar-refractivity contribution is 5.65. The SMILES string of the molecule is CCCCCCCC[N+](CCCC)(CCCC)CC(=O)[O-]. The minimum Gasteiger partial charge on any atom is -0.544 e. The highest BCUT2D eigenvalue weighted by Crippen LogP contribution is 2.16. The Bertz CT molecular complexity index is 246. The third kappa shape index (κ3) is 10.8. The molecule has 0 aromatic carbocycles. The molecule has 0 saturated carbocycles. The van der Waals surface area contributed by atoms with Crippen molar-refractivity contribution in [3.63, 3.8) is 0 Å². The molecular formula is C18H37NO2. The topological polar surface area (TPSA) is 40.1 Å². The average Bonchev–Trinajstić information content (AvgIpc) is 2.46. The largest absolute Gasteiger partial charge is 0.544 e. The molecule has 0 aliphatic rings. The molecule has 0 bridgehead atoms. The summed E-state index contributed by atoms with van der Waals surface area (Å²) in [5.74, 6) is -0.881. The molecule has 0 aromatic heterocycles. The van der Waals surface area contributed by atoms with Crippen LogP contribution in [0.15, 0.2) is 0 Å². The zero-order chi connectivity index (χ0) is 16.0. The summed E-state index contributed by atoms with van der Waals surface area (Å²) >= 11 is 0. The third-order valence-electron chi connectivity index (χ3n) is 4.42. The van der Waals surface area contributed by atoms with Gasteiger partial charge in [0.05, 0.1) is 25.6 Å². The first-order valence-corrected chi connectivity index (χ1v) is 9.15. The van der Waals surface area contributed by atoms with E-state index in [2.05, 4.69) is 20.8 Å². The fourth-order valence-corrected chi connectivity index (χ4v) is 3.06. The van der Waals surface area contributed by atoms with E-state index in [1.807, 2.05) is 0 Å². The fourth-order valence-electron chi connectivity index (χ4n) is 3.06. The van der Waals surface area contributed by atoms with Gasteiger partial charge in [0.15, 0.2) is 0 Å². The van der Waals surface area contributed by atoms with Crippen molar-refractivity contribution in [2.24, 2.45) is 0 Å². The molecule has 0 fully saturated rings. The van der Waals surface area contributed by atoms with Crippen LogP contribution in [0.1, 0.15) is 85.0 Å². The van der Waals surface area contributed by atoms with E-state index in [0.29, 0.717) is 0 Å². The molecule has 0 aliphatic heterocycles. The lowest BCUT2D eigenvalue weighted by molar-refractivity contribution is -0.923. The summed E-state index contributed by atoms with van der Waals surface area (Å²) in [7, 11) is 0. The number of hydrogen-bond donors (Lipinski definition) is 0. The number of aliphatic carboxylic acids is 1. The van der Waals surface area contributed by atoms with Crippen molar-refractivity contribution in [2.75, 3.05) is 26.2 Å². The van der Waals surface area contributed by atoms with Crippen LogP contribution >= 0.6 is 0 Å². The summed E-state index contributed by atoms with van der Waals surface area (Å²) in [6, 6.07) is 0. The number of unbranched alkanes of at least 4 members (excludes halogenated alkanes) is 7. The van der Waals surface area contributed by atoms with Crippen LogP contribution in [0.4, 0.5) is 0 Å².